The van der Waals surface area contributed by atoms with Gasteiger partial charge in [0.25, 0.3) is 5.91 Å². The molecule has 0 fully saturated rings. The van der Waals surface area contributed by atoms with Crippen LogP contribution in [0.4, 0.5) is 13.2 Å². The van der Waals surface area contributed by atoms with E-state index in [-0.39, 0.29) is 5.75 Å². The number of sulfonamides is 1. The van der Waals surface area contributed by atoms with Crippen molar-refractivity contribution < 1.29 is 26.4 Å². The number of rotatable bonds is 8. The SMILES string of the molecule is CCCCCS(=O)(=O)NC(=O)C=Cc1c(C)nn(C)c1-n1ccc2ccc(C(F)(F)F)cc21. The maximum absolute atomic E-state index is 13.2. The van der Waals surface area contributed by atoms with Crippen molar-refractivity contribution in [3.63, 3.8) is 0 Å². The van der Waals surface area contributed by atoms with Gasteiger partial charge in [-0.05, 0) is 37.6 Å². The Balaban J connectivity index is 1.94. The third kappa shape index (κ3) is 5.65. The quantitative estimate of drug-likeness (QED) is 0.382. The van der Waals surface area contributed by atoms with Gasteiger partial charge in [-0.1, -0.05) is 25.8 Å². The van der Waals surface area contributed by atoms with Gasteiger partial charge in [0.05, 0.1) is 22.5 Å². The molecule has 3 aromatic rings. The third-order valence-electron chi connectivity index (χ3n) is 5.16. The number of unbranched alkanes of at least 4 members (excludes halogenated alkanes) is 2. The first-order valence-electron chi connectivity index (χ1n) is 10.4. The lowest BCUT2D eigenvalue weighted by atomic mass is 10.1. The Kier molecular flexibility index (Phi) is 7.01. The van der Waals surface area contributed by atoms with Crippen molar-refractivity contribution in [2.45, 2.75) is 39.3 Å². The molecule has 7 nitrogen and oxygen atoms in total. The van der Waals surface area contributed by atoms with Gasteiger partial charge in [-0.25, -0.2) is 13.1 Å². The first-order chi connectivity index (χ1) is 15.4. The van der Waals surface area contributed by atoms with Crippen LogP contribution < -0.4 is 4.72 Å². The van der Waals surface area contributed by atoms with Crippen molar-refractivity contribution in [2.24, 2.45) is 7.05 Å². The van der Waals surface area contributed by atoms with Gasteiger partial charge in [0.15, 0.2) is 0 Å². The normalized spacial score (nSPS) is 12.7. The number of carbonyl (C=O) groups is 1. The molecule has 33 heavy (non-hydrogen) atoms. The van der Waals surface area contributed by atoms with Gasteiger partial charge in [0, 0.05) is 30.3 Å². The monoisotopic (exact) mass is 482 g/mol. The molecule has 1 aromatic carbocycles. The zero-order valence-corrected chi connectivity index (χ0v) is 19.3. The standard InChI is InChI=1S/C22H25F3N4O3S/c1-4-5-6-13-33(31,32)27-20(30)10-9-18-15(2)26-28(3)21(18)29-12-11-16-7-8-17(14-19(16)29)22(23,24)25/h7-12,14H,4-6,13H2,1-3H3,(H,27,30). The number of fused-ring (bicyclic) bond motifs is 1. The predicted octanol–water partition coefficient (Wildman–Crippen LogP) is 4.34. The minimum absolute atomic E-state index is 0.144. The van der Waals surface area contributed by atoms with Crippen LogP contribution >= 0.6 is 0 Å². The number of aromatic nitrogens is 3. The zero-order valence-electron chi connectivity index (χ0n) is 18.5. The highest BCUT2D eigenvalue weighted by atomic mass is 32.2. The van der Waals surface area contributed by atoms with Gasteiger partial charge in [0.1, 0.15) is 5.82 Å². The summed E-state index contributed by atoms with van der Waals surface area (Å²) in [5.74, 6) is -0.511. The first kappa shape index (κ1) is 24.6. The van der Waals surface area contributed by atoms with Crippen LogP contribution in [0.3, 0.4) is 0 Å². The fourth-order valence-corrected chi connectivity index (χ4v) is 4.63. The summed E-state index contributed by atoms with van der Waals surface area (Å²) in [5, 5.41) is 4.92. The summed E-state index contributed by atoms with van der Waals surface area (Å²) in [7, 11) is -2.11. The summed E-state index contributed by atoms with van der Waals surface area (Å²) < 4.78 is 68.8. The second kappa shape index (κ2) is 9.42. The summed E-state index contributed by atoms with van der Waals surface area (Å²) in [5.41, 5.74) is 0.547. The van der Waals surface area contributed by atoms with Crippen LogP contribution in [0.25, 0.3) is 22.8 Å². The van der Waals surface area contributed by atoms with Crippen LogP contribution in [0.5, 0.6) is 0 Å². The van der Waals surface area contributed by atoms with Crippen LogP contribution in [0, 0.1) is 6.92 Å². The van der Waals surface area contributed by atoms with E-state index in [4.69, 9.17) is 0 Å². The number of benzene rings is 1. The fraction of sp³-hybridized carbons (Fsp3) is 0.364. The zero-order chi connectivity index (χ0) is 24.4. The van der Waals surface area contributed by atoms with E-state index >= 15 is 0 Å². The van der Waals surface area contributed by atoms with Crippen molar-refractivity contribution in [3.8, 4) is 5.82 Å². The molecule has 0 aliphatic heterocycles. The molecule has 0 bridgehead atoms. The molecule has 1 N–H and O–H groups in total. The smallest absolute Gasteiger partial charge is 0.301 e. The molecule has 178 valence electrons. The summed E-state index contributed by atoms with van der Waals surface area (Å²) in [6.07, 6.45) is 1.67. The lowest BCUT2D eigenvalue weighted by Gasteiger charge is -2.10. The van der Waals surface area contributed by atoms with Gasteiger partial charge in [-0.2, -0.15) is 18.3 Å². The number of hydrogen-bond donors (Lipinski definition) is 1. The predicted molar refractivity (Wildman–Crippen MR) is 120 cm³/mol. The molecule has 0 aliphatic rings. The average Bonchev–Trinajstić information content (AvgIpc) is 3.24. The van der Waals surface area contributed by atoms with Crippen molar-refractivity contribution >= 4 is 32.9 Å². The Labute approximate surface area is 189 Å². The van der Waals surface area contributed by atoms with E-state index < -0.39 is 27.7 Å². The van der Waals surface area contributed by atoms with Crippen LogP contribution in [-0.2, 0) is 28.0 Å². The molecule has 3 rings (SSSR count). The lowest BCUT2D eigenvalue weighted by molar-refractivity contribution is -0.137. The third-order valence-corrected chi connectivity index (χ3v) is 6.50. The molecular formula is C22H25F3N4O3S. The maximum Gasteiger partial charge on any atom is 0.416 e. The highest BCUT2D eigenvalue weighted by Gasteiger charge is 2.31. The molecule has 11 heteroatoms. The molecular weight excluding hydrogens is 457 g/mol. The lowest BCUT2D eigenvalue weighted by Crippen LogP contribution is -2.31. The molecule has 0 atom stereocenters. The second-order valence-electron chi connectivity index (χ2n) is 7.73. The van der Waals surface area contributed by atoms with Gasteiger partial charge in [-0.15, -0.1) is 0 Å². The topological polar surface area (TPSA) is 86.0 Å². The summed E-state index contributed by atoms with van der Waals surface area (Å²) in [4.78, 5) is 12.2. The summed E-state index contributed by atoms with van der Waals surface area (Å²) >= 11 is 0. The van der Waals surface area contributed by atoms with Crippen LogP contribution in [-0.4, -0.2) is 34.4 Å². The minimum Gasteiger partial charge on any atom is -0.301 e. The number of nitrogens with zero attached hydrogens (tertiary/aromatic N) is 3. The van der Waals surface area contributed by atoms with E-state index in [0.717, 1.165) is 31.1 Å². The van der Waals surface area contributed by atoms with Crippen LogP contribution in [0.2, 0.25) is 0 Å². The Bertz CT molecular complexity index is 1300. The highest BCUT2D eigenvalue weighted by molar-refractivity contribution is 7.90. The molecule has 0 radical (unpaired) electrons. The summed E-state index contributed by atoms with van der Waals surface area (Å²) in [6.45, 7) is 3.63. The number of nitrogens with one attached hydrogen (secondary N) is 1. The van der Waals surface area contributed by atoms with Gasteiger partial charge in [0.2, 0.25) is 10.0 Å². The Morgan fingerprint density at radius 1 is 1.21 bits per heavy atom. The Hall–Kier alpha value is -3.08. The Morgan fingerprint density at radius 2 is 1.94 bits per heavy atom. The first-order valence-corrected chi connectivity index (χ1v) is 12.0. The van der Waals surface area contributed by atoms with Crippen molar-refractivity contribution in [1.29, 1.82) is 0 Å². The van der Waals surface area contributed by atoms with Crippen LogP contribution in [0.1, 0.15) is 43.0 Å². The second-order valence-corrected chi connectivity index (χ2v) is 9.57. The number of halogens is 3. The molecule has 1 amide bonds. The van der Waals surface area contributed by atoms with E-state index in [2.05, 4.69) is 5.10 Å². The number of alkyl halides is 3. The van der Waals surface area contributed by atoms with Gasteiger partial charge >= 0.3 is 6.18 Å². The molecule has 2 aromatic heterocycles. The van der Waals surface area contributed by atoms with E-state index in [0.29, 0.717) is 34.4 Å². The number of amides is 1. The molecule has 2 heterocycles. The molecule has 0 spiro atoms. The van der Waals surface area contributed by atoms with Crippen molar-refractivity contribution in [3.05, 3.63) is 53.4 Å². The molecule has 0 saturated heterocycles. The number of aryl methyl sites for hydroxylation is 2. The molecule has 0 aliphatic carbocycles. The minimum atomic E-state index is -4.49. The average molecular weight is 483 g/mol. The van der Waals surface area contributed by atoms with Gasteiger partial charge in [-0.3, -0.25) is 9.48 Å². The van der Waals surface area contributed by atoms with Crippen LogP contribution in [0.15, 0.2) is 36.5 Å². The maximum atomic E-state index is 13.2. The summed E-state index contributed by atoms with van der Waals surface area (Å²) in [6, 6.07) is 5.15. The van der Waals surface area contributed by atoms with Crippen molar-refractivity contribution in [2.75, 3.05) is 5.75 Å². The van der Waals surface area contributed by atoms with Crippen molar-refractivity contribution in [1.82, 2.24) is 19.1 Å². The molecule has 0 unspecified atom stereocenters. The van der Waals surface area contributed by atoms with E-state index in [9.17, 15) is 26.4 Å². The van der Waals surface area contributed by atoms with E-state index in [1.807, 2.05) is 11.6 Å². The number of carbonyl (C=O) groups excluding carboxylic acids is 1. The highest BCUT2D eigenvalue weighted by Crippen LogP contribution is 2.33. The Morgan fingerprint density at radius 3 is 2.61 bits per heavy atom. The van der Waals surface area contributed by atoms with E-state index in [1.54, 1.807) is 30.8 Å². The molecule has 0 saturated carbocycles. The van der Waals surface area contributed by atoms with Gasteiger partial charge < -0.3 is 4.57 Å². The fourth-order valence-electron chi connectivity index (χ4n) is 3.57. The van der Waals surface area contributed by atoms with E-state index in [1.165, 1.54) is 16.8 Å². The number of hydrogen-bond acceptors (Lipinski definition) is 4. The largest absolute Gasteiger partial charge is 0.416 e.